The van der Waals surface area contributed by atoms with Crippen LogP contribution in [0.15, 0.2) is 29.6 Å². The summed E-state index contributed by atoms with van der Waals surface area (Å²) >= 11 is 1.60. The number of nitrogens with one attached hydrogen (secondary N) is 2. The third kappa shape index (κ3) is 6.22. The fraction of sp³-hybridized carbons (Fsp3) is 0.542. The average Bonchev–Trinajstić information content (AvgIpc) is 3.23. The van der Waals surface area contributed by atoms with E-state index < -0.39 is 0 Å². The lowest BCUT2D eigenvalue weighted by atomic mass is 9.96. The number of carbonyl (C=O) groups is 2. The molecule has 2 heterocycles. The number of rotatable bonds is 6. The fourth-order valence-corrected chi connectivity index (χ4v) is 5.02. The van der Waals surface area contributed by atoms with E-state index in [1.165, 1.54) is 19.3 Å². The molecule has 1 saturated heterocycles. The molecule has 7 nitrogen and oxygen atoms in total. The smallest absolute Gasteiger partial charge is 0.315 e. The van der Waals surface area contributed by atoms with Gasteiger partial charge < -0.3 is 20.3 Å². The molecule has 2 aliphatic rings. The van der Waals surface area contributed by atoms with Crippen LogP contribution in [0.2, 0.25) is 0 Å². The summed E-state index contributed by atoms with van der Waals surface area (Å²) < 4.78 is 5.83. The molecule has 172 valence electrons. The SMILES string of the molecule is Cc1nc(COc2cccc(C(=O)N3CCC(NC(=O)NC4CCCCC4)CC3)c2)cs1. The van der Waals surface area contributed by atoms with Crippen LogP contribution in [0.25, 0.3) is 0 Å². The number of amides is 3. The van der Waals surface area contributed by atoms with Crippen molar-refractivity contribution in [3.8, 4) is 5.75 Å². The summed E-state index contributed by atoms with van der Waals surface area (Å²) in [4.78, 5) is 31.5. The molecule has 1 aromatic heterocycles. The normalized spacial score (nSPS) is 17.7. The molecule has 0 atom stereocenters. The maximum atomic E-state index is 13.0. The predicted octanol–water partition coefficient (Wildman–Crippen LogP) is 4.27. The number of ether oxygens (including phenoxy) is 1. The Bertz CT molecular complexity index is 917. The Morgan fingerprint density at radius 2 is 1.81 bits per heavy atom. The van der Waals surface area contributed by atoms with Crippen LogP contribution in [-0.4, -0.2) is 47.0 Å². The maximum Gasteiger partial charge on any atom is 0.315 e. The van der Waals surface area contributed by atoms with E-state index in [4.69, 9.17) is 4.74 Å². The first-order valence-corrected chi connectivity index (χ1v) is 12.4. The molecule has 1 aliphatic carbocycles. The highest BCUT2D eigenvalue weighted by atomic mass is 32.1. The lowest BCUT2D eigenvalue weighted by molar-refractivity contribution is 0.0707. The first-order valence-electron chi connectivity index (χ1n) is 11.6. The molecule has 1 aliphatic heterocycles. The predicted molar refractivity (Wildman–Crippen MR) is 125 cm³/mol. The molecule has 4 rings (SSSR count). The minimum Gasteiger partial charge on any atom is -0.487 e. The standard InChI is InChI=1S/C24H32N4O3S/c1-17-25-21(16-32-17)15-31-22-9-5-6-18(14-22)23(29)28-12-10-20(11-13-28)27-24(30)26-19-7-3-2-4-8-19/h5-6,9,14,16,19-20H,2-4,7-8,10-13,15H2,1H3,(H2,26,27,30). The zero-order chi connectivity index (χ0) is 22.3. The number of nitrogens with zero attached hydrogens (tertiary/aromatic N) is 2. The average molecular weight is 457 g/mol. The van der Waals surface area contributed by atoms with Crippen LogP contribution in [0, 0.1) is 6.92 Å². The molecule has 1 saturated carbocycles. The van der Waals surface area contributed by atoms with E-state index in [1.54, 1.807) is 17.4 Å². The quantitative estimate of drug-likeness (QED) is 0.680. The van der Waals surface area contributed by atoms with Crippen LogP contribution < -0.4 is 15.4 Å². The van der Waals surface area contributed by atoms with Gasteiger partial charge in [0.05, 0.1) is 10.7 Å². The Balaban J connectivity index is 1.23. The maximum absolute atomic E-state index is 13.0. The molecule has 0 spiro atoms. The molecule has 0 radical (unpaired) electrons. The Morgan fingerprint density at radius 1 is 1.09 bits per heavy atom. The lowest BCUT2D eigenvalue weighted by Crippen LogP contribution is -2.51. The van der Waals surface area contributed by atoms with Crippen molar-refractivity contribution in [2.24, 2.45) is 0 Å². The Morgan fingerprint density at radius 3 is 2.50 bits per heavy atom. The number of aromatic nitrogens is 1. The van der Waals surface area contributed by atoms with Gasteiger partial charge in [-0.25, -0.2) is 9.78 Å². The summed E-state index contributed by atoms with van der Waals surface area (Å²) in [6, 6.07) is 7.67. The van der Waals surface area contributed by atoms with Crippen LogP contribution >= 0.6 is 11.3 Å². The van der Waals surface area contributed by atoms with Crippen molar-refractivity contribution in [2.45, 2.75) is 70.6 Å². The second-order valence-electron chi connectivity index (χ2n) is 8.69. The summed E-state index contributed by atoms with van der Waals surface area (Å²) in [6.07, 6.45) is 7.35. The molecular formula is C24H32N4O3S. The van der Waals surface area contributed by atoms with Gasteiger partial charge in [-0.15, -0.1) is 11.3 Å². The van der Waals surface area contributed by atoms with Gasteiger partial charge in [0.25, 0.3) is 5.91 Å². The molecule has 2 aromatic rings. The molecule has 32 heavy (non-hydrogen) atoms. The van der Waals surface area contributed by atoms with Crippen molar-refractivity contribution in [2.75, 3.05) is 13.1 Å². The minimum atomic E-state index is -0.0677. The molecule has 1 aromatic carbocycles. The Kier molecular flexibility index (Phi) is 7.63. The third-order valence-corrected chi connectivity index (χ3v) is 7.01. The van der Waals surface area contributed by atoms with E-state index >= 15 is 0 Å². The number of carbonyl (C=O) groups excluding carboxylic acids is 2. The van der Waals surface area contributed by atoms with Crippen LogP contribution in [0.1, 0.15) is 66.0 Å². The highest BCUT2D eigenvalue weighted by Crippen LogP contribution is 2.20. The fourth-order valence-electron chi connectivity index (χ4n) is 4.42. The van der Waals surface area contributed by atoms with Crippen LogP contribution in [0.4, 0.5) is 4.79 Å². The molecule has 0 bridgehead atoms. The van der Waals surface area contributed by atoms with Gasteiger partial charge in [-0.2, -0.15) is 0 Å². The van der Waals surface area contributed by atoms with Gasteiger partial charge >= 0.3 is 6.03 Å². The summed E-state index contributed by atoms with van der Waals surface area (Å²) in [5, 5.41) is 9.20. The zero-order valence-electron chi connectivity index (χ0n) is 18.6. The van der Waals surface area contributed by atoms with Crippen molar-refractivity contribution in [3.05, 3.63) is 45.9 Å². The zero-order valence-corrected chi connectivity index (χ0v) is 19.5. The Labute approximate surface area is 193 Å². The number of piperidine rings is 1. The van der Waals surface area contributed by atoms with Gasteiger partial charge in [0, 0.05) is 36.1 Å². The van der Waals surface area contributed by atoms with Gasteiger partial charge in [0.2, 0.25) is 0 Å². The van der Waals surface area contributed by atoms with E-state index in [0.29, 0.717) is 37.1 Å². The van der Waals surface area contributed by atoms with Crippen molar-refractivity contribution < 1.29 is 14.3 Å². The minimum absolute atomic E-state index is 0.00469. The van der Waals surface area contributed by atoms with Crippen molar-refractivity contribution >= 4 is 23.3 Å². The molecular weight excluding hydrogens is 424 g/mol. The molecule has 8 heteroatoms. The van der Waals surface area contributed by atoms with Gasteiger partial charge in [0.1, 0.15) is 12.4 Å². The molecule has 2 N–H and O–H groups in total. The monoisotopic (exact) mass is 456 g/mol. The summed E-state index contributed by atoms with van der Waals surface area (Å²) in [6.45, 7) is 3.63. The Hall–Kier alpha value is -2.61. The highest BCUT2D eigenvalue weighted by molar-refractivity contribution is 7.09. The number of hydrogen-bond acceptors (Lipinski definition) is 5. The first-order chi connectivity index (χ1) is 15.6. The van der Waals surface area contributed by atoms with E-state index in [9.17, 15) is 9.59 Å². The molecule has 0 unspecified atom stereocenters. The largest absolute Gasteiger partial charge is 0.487 e. The lowest BCUT2D eigenvalue weighted by Gasteiger charge is -2.33. The van der Waals surface area contributed by atoms with Crippen LogP contribution in [0.3, 0.4) is 0 Å². The van der Waals surface area contributed by atoms with Crippen molar-refractivity contribution in [3.63, 3.8) is 0 Å². The summed E-state index contributed by atoms with van der Waals surface area (Å²) in [5.74, 6) is 0.669. The number of aryl methyl sites for hydroxylation is 1. The first kappa shape index (κ1) is 22.6. The number of hydrogen-bond donors (Lipinski definition) is 2. The number of likely N-dealkylation sites (tertiary alicyclic amines) is 1. The van der Waals surface area contributed by atoms with Gasteiger partial charge in [-0.3, -0.25) is 4.79 Å². The van der Waals surface area contributed by atoms with E-state index in [-0.39, 0.29) is 18.0 Å². The van der Waals surface area contributed by atoms with E-state index in [1.807, 2.05) is 35.4 Å². The highest BCUT2D eigenvalue weighted by Gasteiger charge is 2.25. The van der Waals surface area contributed by atoms with Gasteiger partial charge in [0.15, 0.2) is 0 Å². The van der Waals surface area contributed by atoms with E-state index in [0.717, 1.165) is 36.4 Å². The number of benzene rings is 1. The van der Waals surface area contributed by atoms with Crippen LogP contribution in [-0.2, 0) is 6.61 Å². The second kappa shape index (κ2) is 10.8. The van der Waals surface area contributed by atoms with Gasteiger partial charge in [-0.05, 0) is 50.8 Å². The number of urea groups is 1. The summed E-state index contributed by atoms with van der Waals surface area (Å²) in [5.41, 5.74) is 1.52. The topological polar surface area (TPSA) is 83.6 Å². The second-order valence-corrected chi connectivity index (χ2v) is 9.76. The molecule has 3 amide bonds. The van der Waals surface area contributed by atoms with Crippen molar-refractivity contribution in [1.82, 2.24) is 20.5 Å². The molecule has 2 fully saturated rings. The number of thiazole rings is 1. The van der Waals surface area contributed by atoms with E-state index in [2.05, 4.69) is 15.6 Å². The third-order valence-electron chi connectivity index (χ3n) is 6.19. The van der Waals surface area contributed by atoms with Gasteiger partial charge in [-0.1, -0.05) is 25.3 Å². The van der Waals surface area contributed by atoms with Crippen molar-refractivity contribution in [1.29, 1.82) is 0 Å². The summed E-state index contributed by atoms with van der Waals surface area (Å²) in [7, 11) is 0. The van der Waals surface area contributed by atoms with Crippen LogP contribution in [0.5, 0.6) is 5.75 Å².